The summed E-state index contributed by atoms with van der Waals surface area (Å²) >= 11 is 4.85. The molecule has 1 aromatic carbocycles. The molecule has 0 radical (unpaired) electrons. The van der Waals surface area contributed by atoms with Crippen LogP contribution >= 0.6 is 34.9 Å². The van der Waals surface area contributed by atoms with Gasteiger partial charge in [-0.15, -0.1) is 11.3 Å². The number of thioether (sulfide) groups is 1. The Morgan fingerprint density at radius 1 is 1.38 bits per heavy atom. The first kappa shape index (κ1) is 16.4. The highest BCUT2D eigenvalue weighted by Crippen LogP contribution is 2.32. The summed E-state index contributed by atoms with van der Waals surface area (Å²) in [5.74, 6) is 0.0431. The van der Waals surface area contributed by atoms with E-state index in [0.29, 0.717) is 0 Å². The SMILES string of the molecule is CS[C@@H](C)C(=O)Nc1ccc(Sc2nc(C)cs2)cc1C. The first-order chi connectivity index (χ1) is 9.99. The molecule has 0 saturated carbocycles. The lowest BCUT2D eigenvalue weighted by molar-refractivity contribution is -0.115. The summed E-state index contributed by atoms with van der Waals surface area (Å²) in [4.78, 5) is 17.5. The summed E-state index contributed by atoms with van der Waals surface area (Å²) in [6.07, 6.45) is 1.94. The molecular formula is C15H18N2OS3. The molecule has 0 bridgehead atoms. The summed E-state index contributed by atoms with van der Waals surface area (Å²) < 4.78 is 1.04. The molecule has 0 aliphatic heterocycles. The highest BCUT2D eigenvalue weighted by atomic mass is 32.2. The van der Waals surface area contributed by atoms with Crippen molar-refractivity contribution in [3.63, 3.8) is 0 Å². The molecule has 0 aliphatic carbocycles. The Bertz CT molecular complexity index is 640. The molecule has 1 N–H and O–H groups in total. The molecule has 0 unspecified atom stereocenters. The molecule has 0 spiro atoms. The van der Waals surface area contributed by atoms with Crippen LogP contribution in [0.1, 0.15) is 18.2 Å². The zero-order valence-electron chi connectivity index (χ0n) is 12.5. The van der Waals surface area contributed by atoms with Gasteiger partial charge in [0.25, 0.3) is 0 Å². The fraction of sp³-hybridized carbons (Fsp3) is 0.333. The first-order valence-corrected chi connectivity index (χ1v) is 9.52. The number of aromatic nitrogens is 1. The number of amides is 1. The van der Waals surface area contributed by atoms with Gasteiger partial charge < -0.3 is 5.32 Å². The van der Waals surface area contributed by atoms with Gasteiger partial charge in [0.1, 0.15) is 0 Å². The minimum absolute atomic E-state index is 0.0431. The van der Waals surface area contributed by atoms with Crippen LogP contribution in [0.5, 0.6) is 0 Å². The summed E-state index contributed by atoms with van der Waals surface area (Å²) in [6, 6.07) is 6.07. The van der Waals surface area contributed by atoms with Crippen molar-refractivity contribution in [3.8, 4) is 0 Å². The van der Waals surface area contributed by atoms with Crippen molar-refractivity contribution in [2.45, 2.75) is 35.3 Å². The maximum atomic E-state index is 11.9. The van der Waals surface area contributed by atoms with E-state index in [1.54, 1.807) is 34.9 Å². The molecule has 1 heterocycles. The standard InChI is InChI=1S/C15H18N2OS3/c1-9-7-12(21-15-16-10(2)8-20-15)5-6-13(9)17-14(18)11(3)19-4/h5-8,11H,1-4H3,(H,17,18)/t11-/m0/s1. The molecule has 6 heteroatoms. The molecule has 2 aromatic rings. The predicted molar refractivity (Wildman–Crippen MR) is 93.8 cm³/mol. The summed E-state index contributed by atoms with van der Waals surface area (Å²) in [5, 5.41) is 4.98. The van der Waals surface area contributed by atoms with Crippen LogP contribution in [0.4, 0.5) is 5.69 Å². The number of carbonyl (C=O) groups is 1. The number of aryl methyl sites for hydroxylation is 2. The number of benzene rings is 1. The lowest BCUT2D eigenvalue weighted by Crippen LogP contribution is -2.22. The van der Waals surface area contributed by atoms with Gasteiger partial charge in [-0.05, 0) is 50.8 Å². The van der Waals surface area contributed by atoms with Gasteiger partial charge >= 0.3 is 0 Å². The molecular weight excluding hydrogens is 320 g/mol. The van der Waals surface area contributed by atoms with E-state index >= 15 is 0 Å². The summed E-state index contributed by atoms with van der Waals surface area (Å²) in [6.45, 7) is 5.91. The number of hydrogen-bond donors (Lipinski definition) is 1. The van der Waals surface area contributed by atoms with Gasteiger partial charge in [-0.25, -0.2) is 4.98 Å². The van der Waals surface area contributed by atoms with Crippen molar-refractivity contribution in [1.82, 2.24) is 4.98 Å². The highest BCUT2D eigenvalue weighted by molar-refractivity contribution is 8.01. The second-order valence-electron chi connectivity index (χ2n) is 4.70. The van der Waals surface area contributed by atoms with E-state index in [0.717, 1.165) is 26.2 Å². The Kier molecular flexibility index (Phi) is 5.72. The quantitative estimate of drug-likeness (QED) is 0.865. The van der Waals surface area contributed by atoms with Crippen LogP contribution in [-0.4, -0.2) is 22.4 Å². The fourth-order valence-corrected chi connectivity index (χ4v) is 3.84. The van der Waals surface area contributed by atoms with Crippen molar-refractivity contribution in [2.75, 3.05) is 11.6 Å². The number of nitrogens with one attached hydrogen (secondary N) is 1. The Balaban J connectivity index is 2.08. The molecule has 1 atom stereocenters. The number of hydrogen-bond acceptors (Lipinski definition) is 5. The fourth-order valence-electron chi connectivity index (χ4n) is 1.66. The molecule has 112 valence electrons. The molecule has 2 rings (SSSR count). The second-order valence-corrected chi connectivity index (χ2v) is 8.06. The second kappa shape index (κ2) is 7.33. The van der Waals surface area contributed by atoms with Crippen molar-refractivity contribution < 1.29 is 4.79 Å². The van der Waals surface area contributed by atoms with Gasteiger partial charge in [-0.3, -0.25) is 4.79 Å². The van der Waals surface area contributed by atoms with E-state index in [1.807, 2.05) is 44.5 Å². The average molecular weight is 339 g/mol. The Labute approximate surface area is 137 Å². The maximum absolute atomic E-state index is 11.9. The first-order valence-electron chi connectivity index (χ1n) is 6.54. The van der Waals surface area contributed by atoms with E-state index in [1.165, 1.54) is 0 Å². The lowest BCUT2D eigenvalue weighted by atomic mass is 10.2. The van der Waals surface area contributed by atoms with E-state index < -0.39 is 0 Å². The molecule has 0 saturated heterocycles. The number of carbonyl (C=O) groups excluding carboxylic acids is 1. The van der Waals surface area contributed by atoms with Crippen molar-refractivity contribution in [3.05, 3.63) is 34.8 Å². The van der Waals surface area contributed by atoms with E-state index in [-0.39, 0.29) is 11.2 Å². The Hall–Kier alpha value is -0.980. The molecule has 1 aromatic heterocycles. The highest BCUT2D eigenvalue weighted by Gasteiger charge is 2.12. The van der Waals surface area contributed by atoms with Gasteiger partial charge in [0, 0.05) is 21.7 Å². The van der Waals surface area contributed by atoms with Gasteiger partial charge in [-0.2, -0.15) is 11.8 Å². The van der Waals surface area contributed by atoms with Gasteiger partial charge in [0.15, 0.2) is 4.34 Å². The van der Waals surface area contributed by atoms with E-state index in [2.05, 4.69) is 16.4 Å². The van der Waals surface area contributed by atoms with Crippen LogP contribution in [0.2, 0.25) is 0 Å². The summed E-state index contributed by atoms with van der Waals surface area (Å²) in [7, 11) is 0. The van der Waals surface area contributed by atoms with Gasteiger partial charge in [0.05, 0.1) is 5.25 Å². The van der Waals surface area contributed by atoms with E-state index in [4.69, 9.17) is 0 Å². The summed E-state index contributed by atoms with van der Waals surface area (Å²) in [5.41, 5.74) is 2.99. The average Bonchev–Trinajstić information content (AvgIpc) is 2.86. The topological polar surface area (TPSA) is 42.0 Å². The van der Waals surface area contributed by atoms with Crippen molar-refractivity contribution in [1.29, 1.82) is 0 Å². The van der Waals surface area contributed by atoms with Crippen LogP contribution in [0.25, 0.3) is 0 Å². The van der Waals surface area contributed by atoms with Crippen LogP contribution < -0.4 is 5.32 Å². The number of rotatable bonds is 5. The maximum Gasteiger partial charge on any atom is 0.237 e. The third-order valence-corrected chi connectivity index (χ3v) is 5.95. The van der Waals surface area contributed by atoms with Crippen LogP contribution in [0, 0.1) is 13.8 Å². The van der Waals surface area contributed by atoms with Crippen molar-refractivity contribution >= 4 is 46.5 Å². The zero-order chi connectivity index (χ0) is 15.4. The van der Waals surface area contributed by atoms with E-state index in [9.17, 15) is 4.79 Å². The van der Waals surface area contributed by atoms with Crippen LogP contribution in [0.3, 0.4) is 0 Å². The number of anilines is 1. The lowest BCUT2D eigenvalue weighted by Gasteiger charge is -2.12. The molecule has 0 aliphatic rings. The normalized spacial score (nSPS) is 12.2. The van der Waals surface area contributed by atoms with Gasteiger partial charge in [-0.1, -0.05) is 11.8 Å². The smallest absolute Gasteiger partial charge is 0.237 e. The number of thiazole rings is 1. The molecule has 3 nitrogen and oxygen atoms in total. The monoisotopic (exact) mass is 338 g/mol. The third-order valence-electron chi connectivity index (χ3n) is 2.98. The minimum atomic E-state index is -0.0447. The zero-order valence-corrected chi connectivity index (χ0v) is 14.9. The molecule has 0 fully saturated rings. The minimum Gasteiger partial charge on any atom is -0.325 e. The Morgan fingerprint density at radius 2 is 2.14 bits per heavy atom. The number of nitrogens with zero attached hydrogens (tertiary/aromatic N) is 1. The molecule has 1 amide bonds. The largest absolute Gasteiger partial charge is 0.325 e. The van der Waals surface area contributed by atoms with Crippen LogP contribution in [-0.2, 0) is 4.79 Å². The van der Waals surface area contributed by atoms with Crippen molar-refractivity contribution in [2.24, 2.45) is 0 Å². The molecule has 21 heavy (non-hydrogen) atoms. The third kappa shape index (κ3) is 4.49. The predicted octanol–water partition coefficient (Wildman–Crippen LogP) is 4.60. The Morgan fingerprint density at radius 3 is 2.71 bits per heavy atom. The van der Waals surface area contributed by atoms with Gasteiger partial charge in [0.2, 0.25) is 5.91 Å². The van der Waals surface area contributed by atoms with Crippen LogP contribution in [0.15, 0.2) is 32.8 Å².